The molecule has 6 N–H and O–H groups in total. The second-order valence-electron chi connectivity index (χ2n) is 3.83. The summed E-state index contributed by atoms with van der Waals surface area (Å²) in [4.78, 5) is 0. The summed E-state index contributed by atoms with van der Waals surface area (Å²) in [5.74, 6) is 0. The Hall–Kier alpha value is -0.240. The van der Waals surface area contributed by atoms with E-state index in [0.29, 0.717) is 19.2 Å². The zero-order valence-electron chi connectivity index (χ0n) is 10.9. The van der Waals surface area contributed by atoms with Gasteiger partial charge in [-0.05, 0) is 6.92 Å². The molecular weight excluding hydrogens is 220 g/mol. The quantitative estimate of drug-likeness (QED) is 0.323. The summed E-state index contributed by atoms with van der Waals surface area (Å²) in [6.45, 7) is 10.2. The predicted molar refractivity (Wildman–Crippen MR) is 70.1 cm³/mol. The van der Waals surface area contributed by atoms with E-state index < -0.39 is 0 Å². The lowest BCUT2D eigenvalue weighted by atomic mass is 10.5. The van der Waals surface area contributed by atoms with Crippen molar-refractivity contribution in [2.45, 2.75) is 13.0 Å². The normalized spacial score (nSPS) is 19.6. The minimum Gasteiger partial charge on any atom is -0.377 e. The third-order valence-electron chi connectivity index (χ3n) is 1.82. The molecule has 2 rings (SSSR count). The van der Waals surface area contributed by atoms with Crippen molar-refractivity contribution >= 4 is 0 Å². The molecule has 0 aromatic heterocycles. The zero-order chi connectivity index (χ0) is 12.8. The van der Waals surface area contributed by atoms with Gasteiger partial charge in [-0.1, -0.05) is 0 Å². The smallest absolute Gasteiger partial charge is 0.0781 e. The molecule has 1 unspecified atom stereocenters. The molecule has 104 valence electrons. The van der Waals surface area contributed by atoms with Crippen LogP contribution in [0, 0.1) is 0 Å². The van der Waals surface area contributed by atoms with Crippen LogP contribution in [0.15, 0.2) is 0 Å². The molecule has 0 aromatic carbocycles. The molecule has 17 heavy (non-hydrogen) atoms. The lowest BCUT2D eigenvalue weighted by Crippen LogP contribution is -2.32. The van der Waals surface area contributed by atoms with E-state index in [2.05, 4.69) is 22.3 Å². The number of hydrogen-bond acceptors (Lipinski definition) is 6. The van der Waals surface area contributed by atoms with Crippen LogP contribution < -0.4 is 22.1 Å². The van der Waals surface area contributed by atoms with Gasteiger partial charge in [-0.2, -0.15) is 0 Å². The van der Waals surface area contributed by atoms with E-state index in [1.807, 2.05) is 0 Å². The Balaban J connectivity index is 0.000000289. The molecule has 0 bridgehead atoms. The van der Waals surface area contributed by atoms with Crippen LogP contribution in [-0.4, -0.2) is 65.2 Å². The van der Waals surface area contributed by atoms with Crippen molar-refractivity contribution in [3.8, 4) is 0 Å². The second-order valence-corrected chi connectivity index (χ2v) is 3.83. The largest absolute Gasteiger partial charge is 0.377 e. The average Bonchev–Trinajstić information content (AvgIpc) is 3.16. The summed E-state index contributed by atoms with van der Waals surface area (Å²) in [6, 6.07) is 0. The Bertz CT molecular complexity index is 133. The van der Waals surface area contributed by atoms with Crippen LogP contribution in [0.3, 0.4) is 0 Å². The number of hydrogen-bond donors (Lipinski definition) is 4. The first kappa shape index (κ1) is 16.8. The first-order valence-electron chi connectivity index (χ1n) is 6.32. The molecular formula is C11H28N4O2. The summed E-state index contributed by atoms with van der Waals surface area (Å²) >= 11 is 0. The van der Waals surface area contributed by atoms with Crippen LogP contribution in [0.5, 0.6) is 0 Å². The topological polar surface area (TPSA) is 101 Å². The minimum absolute atomic E-state index is 0.583. The molecule has 2 aliphatic rings. The highest BCUT2D eigenvalue weighted by molar-refractivity contribution is 4.58. The van der Waals surface area contributed by atoms with Gasteiger partial charge in [0.05, 0.1) is 25.9 Å². The molecule has 1 atom stereocenters. The van der Waals surface area contributed by atoms with E-state index >= 15 is 0 Å². The van der Waals surface area contributed by atoms with E-state index in [9.17, 15) is 0 Å². The number of ether oxygens (including phenoxy) is 2. The van der Waals surface area contributed by atoms with Gasteiger partial charge in [0.1, 0.15) is 0 Å². The number of nitrogens with two attached hydrogens (primary N) is 2. The molecule has 0 radical (unpaired) electrons. The van der Waals surface area contributed by atoms with Gasteiger partial charge >= 0.3 is 0 Å². The second kappa shape index (κ2) is 13.8. The summed E-state index contributed by atoms with van der Waals surface area (Å²) in [7, 11) is 0. The Labute approximate surface area is 104 Å². The van der Waals surface area contributed by atoms with Gasteiger partial charge < -0.3 is 31.6 Å². The lowest BCUT2D eigenvalue weighted by molar-refractivity contribution is 0.423. The Morgan fingerprint density at radius 2 is 1.35 bits per heavy atom. The van der Waals surface area contributed by atoms with Gasteiger partial charge in [-0.15, -0.1) is 0 Å². The van der Waals surface area contributed by atoms with Gasteiger partial charge in [0, 0.05) is 39.3 Å². The molecule has 2 heterocycles. The van der Waals surface area contributed by atoms with Gasteiger partial charge in [0.2, 0.25) is 0 Å². The monoisotopic (exact) mass is 248 g/mol. The summed E-state index contributed by atoms with van der Waals surface area (Å²) in [5.41, 5.74) is 10.5. The van der Waals surface area contributed by atoms with Crippen LogP contribution >= 0.6 is 0 Å². The standard InChI is InChI=1S/C6H18N4.C3H6O.C2H4O/c7-1-3-9-5-6-10-4-2-8;1-3-2-4-3;1-2-3-1/h9-10H,1-8H2;3H,2H2,1H3;1-2H2. The SMILES string of the molecule is C1CO1.CC1CO1.NCCNCCNCCN. The molecule has 0 aliphatic carbocycles. The molecule has 0 amide bonds. The minimum atomic E-state index is 0.583. The van der Waals surface area contributed by atoms with E-state index in [0.717, 1.165) is 46.0 Å². The highest BCUT2D eigenvalue weighted by Crippen LogP contribution is 2.04. The van der Waals surface area contributed by atoms with Crippen LogP contribution in [-0.2, 0) is 9.47 Å². The fraction of sp³-hybridized carbons (Fsp3) is 1.00. The predicted octanol–water partition coefficient (Wildman–Crippen LogP) is -1.50. The van der Waals surface area contributed by atoms with Gasteiger partial charge in [-0.25, -0.2) is 0 Å². The van der Waals surface area contributed by atoms with Crippen molar-refractivity contribution in [2.24, 2.45) is 11.5 Å². The highest BCUT2D eigenvalue weighted by atomic mass is 16.6. The molecule has 2 fully saturated rings. The number of rotatable bonds is 7. The van der Waals surface area contributed by atoms with E-state index in [1.54, 1.807) is 0 Å². The van der Waals surface area contributed by atoms with Crippen molar-refractivity contribution in [2.75, 3.05) is 59.1 Å². The zero-order valence-corrected chi connectivity index (χ0v) is 10.9. The first-order chi connectivity index (χ1) is 8.31. The first-order valence-corrected chi connectivity index (χ1v) is 6.32. The van der Waals surface area contributed by atoms with Gasteiger partial charge in [-0.3, -0.25) is 0 Å². The Morgan fingerprint density at radius 3 is 1.53 bits per heavy atom. The summed E-state index contributed by atoms with van der Waals surface area (Å²) in [5, 5.41) is 6.33. The van der Waals surface area contributed by atoms with Crippen LogP contribution in [0.25, 0.3) is 0 Å². The van der Waals surface area contributed by atoms with Crippen molar-refractivity contribution in [3.05, 3.63) is 0 Å². The van der Waals surface area contributed by atoms with Crippen LogP contribution in [0.4, 0.5) is 0 Å². The molecule has 6 heteroatoms. The molecule has 0 spiro atoms. The van der Waals surface area contributed by atoms with Crippen molar-refractivity contribution < 1.29 is 9.47 Å². The third kappa shape index (κ3) is 25.8. The number of nitrogens with one attached hydrogen (secondary N) is 2. The van der Waals surface area contributed by atoms with E-state index in [4.69, 9.17) is 16.2 Å². The Morgan fingerprint density at radius 1 is 1.00 bits per heavy atom. The fourth-order valence-electron chi connectivity index (χ4n) is 0.727. The highest BCUT2D eigenvalue weighted by Gasteiger charge is 2.13. The van der Waals surface area contributed by atoms with Gasteiger partial charge in [0.25, 0.3) is 0 Å². The van der Waals surface area contributed by atoms with Crippen molar-refractivity contribution in [1.29, 1.82) is 0 Å². The fourth-order valence-corrected chi connectivity index (χ4v) is 0.727. The molecule has 2 aliphatic heterocycles. The third-order valence-corrected chi connectivity index (χ3v) is 1.82. The summed E-state index contributed by atoms with van der Waals surface area (Å²) in [6.07, 6.45) is 0.583. The van der Waals surface area contributed by atoms with Crippen molar-refractivity contribution in [1.82, 2.24) is 10.6 Å². The maximum Gasteiger partial charge on any atom is 0.0781 e. The van der Waals surface area contributed by atoms with E-state index in [-0.39, 0.29) is 0 Å². The maximum absolute atomic E-state index is 5.27. The summed E-state index contributed by atoms with van der Waals surface area (Å²) < 4.78 is 9.21. The maximum atomic E-state index is 5.27. The lowest BCUT2D eigenvalue weighted by Gasteiger charge is -2.03. The Kier molecular flexibility index (Phi) is 13.6. The molecule has 0 saturated carbocycles. The van der Waals surface area contributed by atoms with Crippen LogP contribution in [0.2, 0.25) is 0 Å². The van der Waals surface area contributed by atoms with E-state index in [1.165, 1.54) is 0 Å². The molecule has 0 aromatic rings. The van der Waals surface area contributed by atoms with Crippen LogP contribution in [0.1, 0.15) is 6.92 Å². The van der Waals surface area contributed by atoms with Crippen molar-refractivity contribution in [3.63, 3.8) is 0 Å². The van der Waals surface area contributed by atoms with Gasteiger partial charge in [0.15, 0.2) is 0 Å². The number of epoxide rings is 2. The molecule has 6 nitrogen and oxygen atoms in total. The molecule has 2 saturated heterocycles. The average molecular weight is 248 g/mol.